The van der Waals surface area contributed by atoms with Crippen LogP contribution >= 0.6 is 11.6 Å². The Labute approximate surface area is 195 Å². The molecule has 0 N–H and O–H groups in total. The van der Waals surface area contributed by atoms with Gasteiger partial charge in [-0.3, -0.25) is 9.97 Å². The molecule has 0 radical (unpaired) electrons. The van der Waals surface area contributed by atoms with Crippen molar-refractivity contribution in [1.82, 2.24) is 19.9 Å². The summed E-state index contributed by atoms with van der Waals surface area (Å²) in [7, 11) is -3.96. The highest BCUT2D eigenvalue weighted by Gasteiger charge is 2.45. The van der Waals surface area contributed by atoms with Gasteiger partial charge in [0.2, 0.25) is 5.88 Å². The van der Waals surface area contributed by atoms with Gasteiger partial charge >= 0.3 is 10.2 Å². The number of aromatic nitrogens is 4. The van der Waals surface area contributed by atoms with E-state index in [2.05, 4.69) is 19.9 Å². The maximum absolute atomic E-state index is 13.6. The second-order valence-electron chi connectivity index (χ2n) is 7.11. The molecule has 1 aliphatic rings. The number of ether oxygens (including phenoxy) is 1. The van der Waals surface area contributed by atoms with Crippen molar-refractivity contribution in [3.8, 4) is 11.6 Å². The summed E-state index contributed by atoms with van der Waals surface area (Å²) in [6.07, 6.45) is 8.96. The SMILES string of the molecule is O=S1(=O)N(c2cnccn2)C[C@H](c2cccc(Oc3cnccn3)c2)N1c1ccc(Cl)cc1. The molecular weight excluding hydrogens is 464 g/mol. The molecule has 0 unspecified atom stereocenters. The third kappa shape index (κ3) is 4.18. The quantitative estimate of drug-likeness (QED) is 0.425. The molecule has 166 valence electrons. The number of halogens is 1. The third-order valence-corrected chi connectivity index (χ3v) is 7.15. The molecular formula is C22H17ClN6O3S. The molecule has 0 saturated carbocycles. The fraction of sp³-hybridized carbons (Fsp3) is 0.0909. The van der Waals surface area contributed by atoms with Crippen LogP contribution in [0.1, 0.15) is 11.6 Å². The van der Waals surface area contributed by atoms with E-state index >= 15 is 0 Å². The van der Waals surface area contributed by atoms with Crippen LogP contribution in [-0.2, 0) is 10.2 Å². The molecule has 2 aromatic carbocycles. The standard InChI is InChI=1S/C22H17ClN6O3S/c23-17-4-6-18(7-5-17)29-20(15-28(33(29,30)31)21-13-24-8-10-26-21)16-2-1-3-19(12-16)32-22-14-25-9-11-27-22/h1-14,20H,15H2/t20-/m1/s1. The molecule has 1 fully saturated rings. The van der Waals surface area contributed by atoms with E-state index in [-0.39, 0.29) is 12.4 Å². The number of hydrogen-bond donors (Lipinski definition) is 0. The number of benzene rings is 2. The predicted octanol–water partition coefficient (Wildman–Crippen LogP) is 4.03. The molecule has 0 spiro atoms. The lowest BCUT2D eigenvalue weighted by molar-refractivity contribution is 0.459. The Balaban J connectivity index is 1.57. The monoisotopic (exact) mass is 480 g/mol. The Bertz CT molecular complexity index is 1360. The van der Waals surface area contributed by atoms with Gasteiger partial charge in [0.25, 0.3) is 0 Å². The fourth-order valence-electron chi connectivity index (χ4n) is 3.61. The summed E-state index contributed by atoms with van der Waals surface area (Å²) in [5.41, 5.74) is 1.22. The van der Waals surface area contributed by atoms with Crippen LogP contribution < -0.4 is 13.3 Å². The zero-order valence-corrected chi connectivity index (χ0v) is 18.6. The minimum atomic E-state index is -3.96. The van der Waals surface area contributed by atoms with E-state index in [0.29, 0.717) is 22.3 Å². The fourth-order valence-corrected chi connectivity index (χ4v) is 5.51. The van der Waals surface area contributed by atoms with Crippen molar-refractivity contribution in [1.29, 1.82) is 0 Å². The van der Waals surface area contributed by atoms with Crippen molar-refractivity contribution >= 4 is 33.3 Å². The number of rotatable bonds is 5. The lowest BCUT2D eigenvalue weighted by Crippen LogP contribution is -2.34. The Morgan fingerprint density at radius 3 is 2.39 bits per heavy atom. The molecule has 0 amide bonds. The molecule has 33 heavy (non-hydrogen) atoms. The van der Waals surface area contributed by atoms with Crippen molar-refractivity contribution < 1.29 is 13.2 Å². The van der Waals surface area contributed by atoms with Crippen LogP contribution in [0.25, 0.3) is 0 Å². The summed E-state index contributed by atoms with van der Waals surface area (Å²) in [6.45, 7) is 0.137. The summed E-state index contributed by atoms with van der Waals surface area (Å²) in [5.74, 6) is 1.09. The predicted molar refractivity (Wildman–Crippen MR) is 124 cm³/mol. The molecule has 3 heterocycles. The highest BCUT2D eigenvalue weighted by atomic mass is 35.5. The van der Waals surface area contributed by atoms with Crippen molar-refractivity contribution in [2.75, 3.05) is 15.2 Å². The molecule has 4 aromatic rings. The zero-order chi connectivity index (χ0) is 22.8. The second kappa shape index (κ2) is 8.64. The Hall–Kier alpha value is -3.76. The molecule has 11 heteroatoms. The smallest absolute Gasteiger partial charge is 0.328 e. The van der Waals surface area contributed by atoms with Crippen molar-refractivity contribution in [3.63, 3.8) is 0 Å². The molecule has 1 atom stereocenters. The largest absolute Gasteiger partial charge is 0.437 e. The van der Waals surface area contributed by atoms with Crippen molar-refractivity contribution in [2.24, 2.45) is 0 Å². The highest BCUT2D eigenvalue weighted by molar-refractivity contribution is 7.94. The third-order valence-electron chi connectivity index (χ3n) is 5.04. The first-order chi connectivity index (χ1) is 16.0. The van der Waals surface area contributed by atoms with E-state index in [9.17, 15) is 8.42 Å². The normalized spacial score (nSPS) is 17.2. The van der Waals surface area contributed by atoms with Gasteiger partial charge in [-0.15, -0.1) is 0 Å². The van der Waals surface area contributed by atoms with E-state index < -0.39 is 16.3 Å². The summed E-state index contributed by atoms with van der Waals surface area (Å²) in [6, 6.07) is 13.3. The average molecular weight is 481 g/mol. The van der Waals surface area contributed by atoms with Crippen LogP contribution in [0.5, 0.6) is 11.6 Å². The Morgan fingerprint density at radius 1 is 0.939 bits per heavy atom. The summed E-state index contributed by atoms with van der Waals surface area (Å²) < 4.78 is 35.7. The summed E-state index contributed by atoms with van der Waals surface area (Å²) in [5, 5.41) is 0.511. The number of hydrogen-bond acceptors (Lipinski definition) is 7. The molecule has 5 rings (SSSR count). The van der Waals surface area contributed by atoms with E-state index in [1.165, 1.54) is 39.6 Å². The van der Waals surface area contributed by atoms with E-state index in [4.69, 9.17) is 16.3 Å². The lowest BCUT2D eigenvalue weighted by atomic mass is 10.1. The van der Waals surface area contributed by atoms with E-state index in [1.807, 2.05) is 6.07 Å². The van der Waals surface area contributed by atoms with Crippen LogP contribution in [0.15, 0.2) is 85.7 Å². The molecule has 0 aliphatic carbocycles. The van der Waals surface area contributed by atoms with Crippen LogP contribution in [0.4, 0.5) is 11.5 Å². The van der Waals surface area contributed by atoms with Gasteiger partial charge in [0.1, 0.15) is 5.75 Å². The van der Waals surface area contributed by atoms with Gasteiger partial charge in [0.15, 0.2) is 5.82 Å². The molecule has 1 aliphatic heterocycles. The zero-order valence-electron chi connectivity index (χ0n) is 17.1. The summed E-state index contributed by atoms with van der Waals surface area (Å²) in [4.78, 5) is 16.3. The first-order valence-corrected chi connectivity index (χ1v) is 11.7. The van der Waals surface area contributed by atoms with Gasteiger partial charge in [0, 0.05) is 29.8 Å². The van der Waals surface area contributed by atoms with Gasteiger partial charge in [-0.05, 0) is 42.0 Å². The van der Waals surface area contributed by atoms with Gasteiger partial charge < -0.3 is 4.74 Å². The Morgan fingerprint density at radius 2 is 1.70 bits per heavy atom. The highest BCUT2D eigenvalue weighted by Crippen LogP contribution is 2.41. The van der Waals surface area contributed by atoms with Gasteiger partial charge in [-0.1, -0.05) is 23.7 Å². The van der Waals surface area contributed by atoms with Gasteiger partial charge in [0.05, 0.1) is 30.7 Å². The van der Waals surface area contributed by atoms with Crippen LogP contribution in [0.2, 0.25) is 5.02 Å². The first kappa shape index (κ1) is 21.1. The van der Waals surface area contributed by atoms with E-state index in [1.54, 1.807) is 48.7 Å². The van der Waals surface area contributed by atoms with Crippen LogP contribution in [-0.4, -0.2) is 34.9 Å². The van der Waals surface area contributed by atoms with Gasteiger partial charge in [-0.25, -0.2) is 18.6 Å². The lowest BCUT2D eigenvalue weighted by Gasteiger charge is -2.24. The molecule has 0 bridgehead atoms. The minimum Gasteiger partial charge on any atom is -0.437 e. The molecule has 2 aromatic heterocycles. The summed E-state index contributed by atoms with van der Waals surface area (Å²) >= 11 is 6.04. The van der Waals surface area contributed by atoms with Gasteiger partial charge in [-0.2, -0.15) is 8.42 Å². The molecule has 1 saturated heterocycles. The average Bonchev–Trinajstić information content (AvgIpc) is 3.12. The van der Waals surface area contributed by atoms with Crippen LogP contribution in [0.3, 0.4) is 0 Å². The first-order valence-electron chi connectivity index (χ1n) is 9.90. The Kier molecular flexibility index (Phi) is 5.53. The maximum atomic E-state index is 13.6. The maximum Gasteiger partial charge on any atom is 0.328 e. The topological polar surface area (TPSA) is 101 Å². The van der Waals surface area contributed by atoms with Crippen molar-refractivity contribution in [3.05, 3.63) is 96.3 Å². The van der Waals surface area contributed by atoms with Crippen LogP contribution in [0, 0.1) is 0 Å². The minimum absolute atomic E-state index is 0.137. The number of nitrogens with zero attached hydrogens (tertiary/aromatic N) is 6. The van der Waals surface area contributed by atoms with Crippen molar-refractivity contribution in [2.45, 2.75) is 6.04 Å². The van der Waals surface area contributed by atoms with E-state index in [0.717, 1.165) is 5.56 Å². The second-order valence-corrected chi connectivity index (χ2v) is 9.28. The number of anilines is 2. The molecule has 9 nitrogen and oxygen atoms in total.